The zero-order chi connectivity index (χ0) is 8.27. The molecule has 1 aromatic carbocycles. The first-order valence-corrected chi connectivity index (χ1v) is 3.63. The van der Waals surface area contributed by atoms with Gasteiger partial charge in [-0.2, -0.15) is 0 Å². The Hall–Kier alpha value is -1.03. The van der Waals surface area contributed by atoms with Gasteiger partial charge in [0.05, 0.1) is 4.92 Å². The highest BCUT2D eigenvalue weighted by atomic mass is 32.1. The number of benzene rings is 1. The van der Waals surface area contributed by atoms with Crippen LogP contribution in [0.5, 0.6) is 0 Å². The third-order valence-electron chi connectivity index (χ3n) is 1.31. The van der Waals surface area contributed by atoms with Gasteiger partial charge in [0, 0.05) is 17.9 Å². The molecule has 0 saturated carbocycles. The van der Waals surface area contributed by atoms with Crippen molar-refractivity contribution in [2.45, 2.75) is 5.75 Å². The number of rotatable bonds is 2. The average molecular weight is 168 g/mol. The number of nitro groups is 1. The lowest BCUT2D eigenvalue weighted by Gasteiger charge is -1.92. The molecule has 0 bridgehead atoms. The first-order valence-electron chi connectivity index (χ1n) is 3.05. The second-order valence-corrected chi connectivity index (χ2v) is 2.36. The summed E-state index contributed by atoms with van der Waals surface area (Å²) in [6.07, 6.45) is 0. The van der Waals surface area contributed by atoms with Gasteiger partial charge in [-0.3, -0.25) is 10.1 Å². The molecule has 0 fully saturated rings. The van der Waals surface area contributed by atoms with Crippen molar-refractivity contribution in [3.63, 3.8) is 0 Å². The van der Waals surface area contributed by atoms with Gasteiger partial charge in [-0.05, 0) is 5.56 Å². The Morgan fingerprint density at radius 2 is 1.91 bits per heavy atom. The van der Waals surface area contributed by atoms with E-state index in [1.165, 1.54) is 12.1 Å². The molecule has 0 aliphatic carbocycles. The van der Waals surface area contributed by atoms with Crippen LogP contribution in [-0.2, 0) is 5.75 Å². The lowest BCUT2D eigenvalue weighted by Crippen LogP contribution is -1.87. The molecule has 57 valence electrons. The molecule has 0 aliphatic rings. The maximum Gasteiger partial charge on any atom is 0.269 e. The number of hydrogen-bond acceptors (Lipinski definition) is 2. The minimum absolute atomic E-state index is 0.109. The Bertz CT molecular complexity index is 258. The molecule has 11 heavy (non-hydrogen) atoms. The highest BCUT2D eigenvalue weighted by Crippen LogP contribution is 2.12. The van der Waals surface area contributed by atoms with E-state index in [0.29, 0.717) is 5.75 Å². The predicted octanol–water partition coefficient (Wildman–Crippen LogP) is 2.29. The molecule has 0 saturated heterocycles. The van der Waals surface area contributed by atoms with E-state index < -0.39 is 4.92 Å². The molecule has 1 rings (SSSR count). The van der Waals surface area contributed by atoms with Crippen LogP contribution in [-0.4, -0.2) is 4.92 Å². The molecule has 0 unspecified atom stereocenters. The summed E-state index contributed by atoms with van der Waals surface area (Å²) in [5.74, 6) is 0.498. The van der Waals surface area contributed by atoms with E-state index in [9.17, 15) is 10.1 Å². The number of non-ortho nitro benzene ring substituents is 1. The number of nitrogens with zero attached hydrogens (tertiary/aromatic N) is 1. The third-order valence-corrected chi connectivity index (χ3v) is 1.65. The molecule has 0 aliphatic heterocycles. The summed E-state index contributed by atoms with van der Waals surface area (Å²) in [6.45, 7) is 0. The molecule has 0 N–H and O–H groups in total. The summed E-state index contributed by atoms with van der Waals surface area (Å²) in [5, 5.41) is 10.2. The van der Waals surface area contributed by atoms with E-state index in [0.717, 1.165) is 5.56 Å². The van der Waals surface area contributed by atoms with Crippen molar-refractivity contribution in [2.24, 2.45) is 0 Å². The highest BCUT2D eigenvalue weighted by molar-refractivity contribution is 7.79. The van der Waals surface area contributed by atoms with Crippen molar-refractivity contribution in [1.29, 1.82) is 0 Å². The first-order chi connectivity index (χ1) is 5.24. The molecule has 0 aromatic heterocycles. The molecule has 3 nitrogen and oxygen atoms in total. The van der Waals surface area contributed by atoms with Crippen LogP contribution in [0.15, 0.2) is 24.3 Å². The third kappa shape index (κ3) is 1.94. The summed E-state index contributed by atoms with van der Waals surface area (Å²) in [6, 6.07) is 6.26. The van der Waals surface area contributed by atoms with Gasteiger partial charge in [0.25, 0.3) is 5.69 Å². The van der Waals surface area contributed by atoms with Gasteiger partial charge >= 0.3 is 0 Å². The van der Waals surface area contributed by atoms with E-state index in [2.05, 4.69) is 0 Å². The minimum atomic E-state index is -0.423. The zero-order valence-corrected chi connectivity index (χ0v) is 6.50. The quantitative estimate of drug-likeness (QED) is 0.502. The van der Waals surface area contributed by atoms with Crippen LogP contribution < -0.4 is 0 Å². The highest BCUT2D eigenvalue weighted by Gasteiger charge is 2.02. The van der Waals surface area contributed by atoms with Crippen LogP contribution in [0.25, 0.3) is 0 Å². The Balaban J connectivity index is 2.91. The normalized spacial score (nSPS) is 9.55. The minimum Gasteiger partial charge on any atom is -0.258 e. The second-order valence-electron chi connectivity index (χ2n) is 2.07. The summed E-state index contributed by atoms with van der Waals surface area (Å²) in [5.41, 5.74) is 1.04. The SMILES string of the molecule is O=[N+]([O-])c1ccc(C[S])cc1. The monoisotopic (exact) mass is 168 g/mol. The van der Waals surface area contributed by atoms with Crippen molar-refractivity contribution in [3.8, 4) is 0 Å². The Morgan fingerprint density at radius 1 is 1.36 bits per heavy atom. The van der Waals surface area contributed by atoms with Gasteiger partial charge in [0.2, 0.25) is 0 Å². The van der Waals surface area contributed by atoms with E-state index >= 15 is 0 Å². The molecule has 0 atom stereocenters. The van der Waals surface area contributed by atoms with Crippen LogP contribution in [0.1, 0.15) is 5.56 Å². The van der Waals surface area contributed by atoms with E-state index in [1.807, 2.05) is 0 Å². The fraction of sp³-hybridized carbons (Fsp3) is 0.143. The summed E-state index contributed by atoms with van der Waals surface area (Å²) in [4.78, 5) is 9.76. The lowest BCUT2D eigenvalue weighted by atomic mass is 10.2. The summed E-state index contributed by atoms with van der Waals surface area (Å²) >= 11 is 4.76. The van der Waals surface area contributed by atoms with Crippen LogP contribution in [0.2, 0.25) is 0 Å². The number of nitro benzene ring substituents is 1. The Kier molecular flexibility index (Phi) is 2.48. The summed E-state index contributed by atoms with van der Waals surface area (Å²) in [7, 11) is 0. The van der Waals surface area contributed by atoms with Crippen molar-refractivity contribution in [2.75, 3.05) is 0 Å². The average Bonchev–Trinajstić information content (AvgIpc) is 2.05. The molecular weight excluding hydrogens is 162 g/mol. The van der Waals surface area contributed by atoms with Gasteiger partial charge in [-0.25, -0.2) is 0 Å². The van der Waals surface area contributed by atoms with Gasteiger partial charge in [-0.1, -0.05) is 24.8 Å². The van der Waals surface area contributed by atoms with Crippen LogP contribution in [0.3, 0.4) is 0 Å². The Labute approximate surface area is 69.6 Å². The molecule has 0 heterocycles. The lowest BCUT2D eigenvalue weighted by molar-refractivity contribution is -0.384. The largest absolute Gasteiger partial charge is 0.269 e. The molecule has 1 aromatic rings. The zero-order valence-electron chi connectivity index (χ0n) is 5.69. The molecule has 0 amide bonds. The van der Waals surface area contributed by atoms with Crippen LogP contribution in [0.4, 0.5) is 5.69 Å². The van der Waals surface area contributed by atoms with Gasteiger partial charge in [0.15, 0.2) is 0 Å². The first kappa shape index (κ1) is 8.07. The van der Waals surface area contributed by atoms with Crippen molar-refractivity contribution < 1.29 is 4.92 Å². The van der Waals surface area contributed by atoms with Crippen molar-refractivity contribution >= 4 is 18.3 Å². The Morgan fingerprint density at radius 3 is 2.27 bits per heavy atom. The maximum absolute atomic E-state index is 10.2. The molecule has 4 heteroatoms. The standard InChI is InChI=1S/C7H6NO2S/c9-8(10)7-3-1-6(5-11)2-4-7/h1-4H,5H2. The fourth-order valence-corrected chi connectivity index (χ4v) is 0.906. The predicted molar refractivity (Wildman–Crippen MR) is 44.4 cm³/mol. The van der Waals surface area contributed by atoms with Gasteiger partial charge in [-0.15, -0.1) is 0 Å². The molecule has 0 spiro atoms. The van der Waals surface area contributed by atoms with Gasteiger partial charge < -0.3 is 0 Å². The maximum atomic E-state index is 10.2. The second kappa shape index (κ2) is 3.39. The van der Waals surface area contributed by atoms with E-state index in [-0.39, 0.29) is 5.69 Å². The number of hydrogen-bond donors (Lipinski definition) is 0. The van der Waals surface area contributed by atoms with E-state index in [1.54, 1.807) is 12.1 Å². The smallest absolute Gasteiger partial charge is 0.258 e. The fourth-order valence-electron chi connectivity index (χ4n) is 0.714. The topological polar surface area (TPSA) is 43.1 Å². The van der Waals surface area contributed by atoms with Crippen molar-refractivity contribution in [3.05, 3.63) is 39.9 Å². The van der Waals surface area contributed by atoms with Crippen LogP contribution >= 0.6 is 12.6 Å². The molecular formula is C7H6NO2S. The molecule has 1 radical (unpaired) electrons. The summed E-state index contributed by atoms with van der Waals surface area (Å²) < 4.78 is 0. The van der Waals surface area contributed by atoms with Gasteiger partial charge in [0.1, 0.15) is 0 Å². The van der Waals surface area contributed by atoms with Crippen LogP contribution in [0, 0.1) is 10.1 Å². The van der Waals surface area contributed by atoms with E-state index in [4.69, 9.17) is 12.6 Å². The van der Waals surface area contributed by atoms with Crippen molar-refractivity contribution in [1.82, 2.24) is 0 Å².